The van der Waals surface area contributed by atoms with Crippen LogP contribution in [0.5, 0.6) is 0 Å². The highest BCUT2D eigenvalue weighted by molar-refractivity contribution is 6.10. The molecule has 1 amide bonds. The van der Waals surface area contributed by atoms with Crippen LogP contribution in [0.4, 0.5) is 17.5 Å². The molecule has 1 saturated heterocycles. The van der Waals surface area contributed by atoms with E-state index in [-0.39, 0.29) is 11.7 Å². The highest BCUT2D eigenvalue weighted by Crippen LogP contribution is 2.37. The number of allylic oxidation sites excluding steroid dienone is 2. The third-order valence-corrected chi connectivity index (χ3v) is 6.57. The number of nitrogens with one attached hydrogen (secondary N) is 1. The van der Waals surface area contributed by atoms with Gasteiger partial charge in [0, 0.05) is 54.8 Å². The summed E-state index contributed by atoms with van der Waals surface area (Å²) >= 11 is 0. The van der Waals surface area contributed by atoms with Crippen LogP contribution in [0.25, 0.3) is 5.57 Å². The molecule has 2 aliphatic heterocycles. The summed E-state index contributed by atoms with van der Waals surface area (Å²) in [6.45, 7) is 10.7. The number of nitrogens with two attached hydrogens (primary N) is 1. The second kappa shape index (κ2) is 12.7. The molecule has 1 aromatic carbocycles. The van der Waals surface area contributed by atoms with E-state index in [2.05, 4.69) is 31.6 Å². The average Bonchev–Trinajstić information content (AvgIpc) is 3.35. The van der Waals surface area contributed by atoms with Crippen LogP contribution in [-0.2, 0) is 11.2 Å². The number of nitrogens with zero attached hydrogens (tertiary/aromatic N) is 6. The van der Waals surface area contributed by atoms with Crippen LogP contribution in [0.3, 0.4) is 0 Å². The molecule has 0 radical (unpaired) electrons. The first-order valence-electron chi connectivity index (χ1n) is 13.1. The molecule has 3 N–H and O–H groups in total. The topological polar surface area (TPSA) is 112 Å². The normalized spacial score (nSPS) is 15.8. The van der Waals surface area contributed by atoms with E-state index in [0.717, 1.165) is 67.4 Å². The zero-order chi connectivity index (χ0) is 27.1. The van der Waals surface area contributed by atoms with Gasteiger partial charge in [0.25, 0.3) is 5.91 Å². The summed E-state index contributed by atoms with van der Waals surface area (Å²) in [6, 6.07) is 7.71. The number of ether oxygens (including phenoxy) is 1. The van der Waals surface area contributed by atoms with Crippen LogP contribution in [0.1, 0.15) is 35.0 Å². The van der Waals surface area contributed by atoms with Crippen LogP contribution in [0.2, 0.25) is 0 Å². The second-order valence-corrected chi connectivity index (χ2v) is 9.63. The Kier molecular flexibility index (Phi) is 9.09. The van der Waals surface area contributed by atoms with Crippen molar-refractivity contribution in [3.8, 4) is 0 Å². The average molecular weight is 519 g/mol. The van der Waals surface area contributed by atoms with E-state index in [4.69, 9.17) is 20.4 Å². The molecular formula is C28H38N8O2. The molecule has 0 saturated carbocycles. The van der Waals surface area contributed by atoms with Gasteiger partial charge >= 0.3 is 0 Å². The molecule has 0 atom stereocenters. The van der Waals surface area contributed by atoms with Crippen molar-refractivity contribution in [3.63, 3.8) is 0 Å². The molecule has 202 valence electrons. The van der Waals surface area contributed by atoms with Crippen molar-refractivity contribution < 1.29 is 9.53 Å². The smallest absolute Gasteiger partial charge is 0.251 e. The number of hydrogen-bond donors (Lipinski definition) is 2. The maximum atomic E-state index is 12.6. The fourth-order valence-electron chi connectivity index (χ4n) is 4.56. The van der Waals surface area contributed by atoms with Crippen LogP contribution in [-0.4, -0.2) is 87.0 Å². The predicted molar refractivity (Wildman–Crippen MR) is 153 cm³/mol. The van der Waals surface area contributed by atoms with E-state index in [0.29, 0.717) is 31.3 Å². The summed E-state index contributed by atoms with van der Waals surface area (Å²) in [6.07, 6.45) is 5.39. The zero-order valence-electron chi connectivity index (χ0n) is 22.6. The summed E-state index contributed by atoms with van der Waals surface area (Å²) < 4.78 is 5.54. The summed E-state index contributed by atoms with van der Waals surface area (Å²) in [7, 11) is 4.05. The molecule has 10 heteroatoms. The lowest BCUT2D eigenvalue weighted by Gasteiger charge is -2.28. The van der Waals surface area contributed by atoms with Gasteiger partial charge in [0.15, 0.2) is 0 Å². The lowest BCUT2D eigenvalue weighted by atomic mass is 10.1. The standard InChI is InChI=1S/C28H38N8O2/c1-5-21(19-31-20(2)29)25-24-11-14-36(26(24)33-28(32-25)35-15-17-38-18-16-35)23-9-7-22(8-10-23)27(37)30-12-6-13-34(3)4/h5,7-10,19H,2,6,11-18,29H2,1,3-4H3,(H,30,37)/b21-5+,31-19-. The van der Waals surface area contributed by atoms with Gasteiger partial charge in [0.2, 0.25) is 5.95 Å². The number of amides is 1. The first kappa shape index (κ1) is 27.3. The Balaban J connectivity index is 1.61. The van der Waals surface area contributed by atoms with Crippen molar-refractivity contribution in [1.82, 2.24) is 20.2 Å². The van der Waals surface area contributed by atoms with Crippen LogP contribution in [0.15, 0.2) is 47.7 Å². The minimum absolute atomic E-state index is 0.0603. The van der Waals surface area contributed by atoms with Gasteiger partial charge < -0.3 is 30.5 Å². The van der Waals surface area contributed by atoms with Gasteiger partial charge in [-0.15, -0.1) is 0 Å². The minimum Gasteiger partial charge on any atom is -0.384 e. The monoisotopic (exact) mass is 518 g/mol. The van der Waals surface area contributed by atoms with Crippen LogP contribution < -0.4 is 20.9 Å². The van der Waals surface area contributed by atoms with Crippen LogP contribution >= 0.6 is 0 Å². The molecular weight excluding hydrogens is 480 g/mol. The van der Waals surface area contributed by atoms with Crippen molar-refractivity contribution in [2.24, 2.45) is 10.7 Å². The van der Waals surface area contributed by atoms with Gasteiger partial charge in [0.1, 0.15) is 11.6 Å². The van der Waals surface area contributed by atoms with Gasteiger partial charge in [-0.3, -0.25) is 4.79 Å². The third kappa shape index (κ3) is 6.56. The Hall–Kier alpha value is -3.76. The van der Waals surface area contributed by atoms with E-state index in [1.54, 1.807) is 6.21 Å². The zero-order valence-corrected chi connectivity index (χ0v) is 22.6. The number of morpholine rings is 1. The molecule has 2 aliphatic rings. The van der Waals surface area contributed by atoms with Crippen molar-refractivity contribution in [2.75, 3.05) is 69.8 Å². The van der Waals surface area contributed by atoms with Gasteiger partial charge in [-0.25, -0.2) is 9.98 Å². The van der Waals surface area contributed by atoms with Crippen molar-refractivity contribution >= 4 is 35.1 Å². The minimum atomic E-state index is -0.0603. The number of carbonyl (C=O) groups excluding carboxylic acids is 1. The second-order valence-electron chi connectivity index (χ2n) is 9.63. The van der Waals surface area contributed by atoms with Gasteiger partial charge in [-0.05, 0) is 64.7 Å². The number of hydrogen-bond acceptors (Lipinski definition) is 9. The molecule has 0 spiro atoms. The fraction of sp³-hybridized carbons (Fsp3) is 0.429. The quantitative estimate of drug-likeness (QED) is 0.365. The number of anilines is 3. The van der Waals surface area contributed by atoms with Gasteiger partial charge in [0.05, 0.1) is 18.9 Å². The largest absolute Gasteiger partial charge is 0.384 e. The summed E-state index contributed by atoms with van der Waals surface area (Å²) in [4.78, 5) is 33.3. The number of fused-ring (bicyclic) bond motifs is 1. The maximum Gasteiger partial charge on any atom is 0.251 e. The number of aliphatic imine (C=N–C) groups is 1. The van der Waals surface area contributed by atoms with Crippen molar-refractivity contribution in [1.29, 1.82) is 0 Å². The third-order valence-electron chi connectivity index (χ3n) is 6.57. The van der Waals surface area contributed by atoms with E-state index >= 15 is 0 Å². The van der Waals surface area contributed by atoms with E-state index < -0.39 is 0 Å². The Morgan fingerprint density at radius 1 is 1.21 bits per heavy atom. The number of aromatic nitrogens is 2. The molecule has 2 aromatic rings. The highest BCUT2D eigenvalue weighted by atomic mass is 16.5. The molecule has 3 heterocycles. The van der Waals surface area contributed by atoms with E-state index in [1.807, 2.05) is 51.4 Å². The van der Waals surface area contributed by atoms with E-state index in [1.165, 1.54) is 0 Å². The predicted octanol–water partition coefficient (Wildman–Crippen LogP) is 2.59. The Bertz CT molecular complexity index is 1200. The molecule has 38 heavy (non-hydrogen) atoms. The Labute approximate surface area is 224 Å². The van der Waals surface area contributed by atoms with Crippen molar-refractivity contribution in [3.05, 3.63) is 59.6 Å². The first-order valence-corrected chi connectivity index (χ1v) is 13.1. The molecule has 0 bridgehead atoms. The molecule has 0 unspecified atom stereocenters. The molecule has 4 rings (SSSR count). The summed E-state index contributed by atoms with van der Waals surface area (Å²) in [5.41, 5.74) is 10.1. The fourth-order valence-corrected chi connectivity index (χ4v) is 4.56. The van der Waals surface area contributed by atoms with E-state index in [9.17, 15) is 4.79 Å². The van der Waals surface area contributed by atoms with Crippen LogP contribution in [0, 0.1) is 0 Å². The Morgan fingerprint density at radius 2 is 1.95 bits per heavy atom. The molecule has 10 nitrogen and oxygen atoms in total. The number of carbonyl (C=O) groups is 1. The molecule has 0 aliphatic carbocycles. The SMILES string of the molecule is C=C(N)/N=C\C(=C/C)c1nc(N2CCOCC2)nc2c1CCN2c1ccc(C(=O)NCCCN(C)C)cc1. The summed E-state index contributed by atoms with van der Waals surface area (Å²) in [5, 5.41) is 3.00. The lowest BCUT2D eigenvalue weighted by molar-refractivity contribution is 0.0952. The number of benzene rings is 1. The molecule has 1 aromatic heterocycles. The van der Waals surface area contributed by atoms with Gasteiger partial charge in [-0.2, -0.15) is 4.98 Å². The molecule has 1 fully saturated rings. The first-order chi connectivity index (χ1) is 18.4. The maximum absolute atomic E-state index is 12.6. The number of rotatable bonds is 10. The summed E-state index contributed by atoms with van der Waals surface area (Å²) in [5.74, 6) is 1.72. The highest BCUT2D eigenvalue weighted by Gasteiger charge is 2.29. The van der Waals surface area contributed by atoms with Gasteiger partial charge in [-0.1, -0.05) is 12.7 Å². The Morgan fingerprint density at radius 3 is 2.61 bits per heavy atom. The van der Waals surface area contributed by atoms with Crippen molar-refractivity contribution in [2.45, 2.75) is 19.8 Å². The lowest BCUT2D eigenvalue weighted by Crippen LogP contribution is -2.37.